The third-order valence-corrected chi connectivity index (χ3v) is 6.11. The number of anilines is 1. The normalized spacial score (nSPS) is 11.9. The summed E-state index contributed by atoms with van der Waals surface area (Å²) in [7, 11) is 0. The molecular formula is C26H22N4O2S. The Morgan fingerprint density at radius 3 is 2.55 bits per heavy atom. The van der Waals surface area contributed by atoms with Crippen molar-refractivity contribution in [1.82, 2.24) is 14.8 Å². The average Bonchev–Trinajstić information content (AvgIpc) is 3.53. The van der Waals surface area contributed by atoms with Gasteiger partial charge in [0.05, 0.1) is 16.7 Å². The van der Waals surface area contributed by atoms with Gasteiger partial charge in [-0.05, 0) is 23.8 Å². The fourth-order valence-electron chi connectivity index (χ4n) is 3.89. The number of benzene rings is 3. The SMILES string of the molecule is O=COCC(c1cscn1)n1nc(-c2ccccc2)c2ccc(NCc3ccccc3)cc21. The standard InChI is InChI=1S/C26H22N4O2S/c31-18-32-15-25(23-16-33-17-28-23)30-24-13-21(27-14-19-7-3-1-4-8-19)11-12-22(24)26(29-30)20-9-5-2-6-10-20/h1-13,16-18,25,27H,14-15H2. The van der Waals surface area contributed by atoms with E-state index in [2.05, 4.69) is 40.6 Å². The molecule has 0 amide bonds. The van der Waals surface area contributed by atoms with Crippen LogP contribution in [-0.2, 0) is 16.1 Å². The van der Waals surface area contributed by atoms with Crippen molar-refractivity contribution in [3.8, 4) is 11.3 Å². The first-order chi connectivity index (χ1) is 16.3. The Balaban J connectivity index is 1.60. The zero-order valence-electron chi connectivity index (χ0n) is 17.8. The minimum Gasteiger partial charge on any atom is -0.465 e. The molecular weight excluding hydrogens is 432 g/mol. The van der Waals surface area contributed by atoms with Crippen LogP contribution in [-0.4, -0.2) is 27.8 Å². The molecule has 0 saturated heterocycles. The van der Waals surface area contributed by atoms with Crippen LogP contribution in [0.3, 0.4) is 0 Å². The molecule has 33 heavy (non-hydrogen) atoms. The highest BCUT2D eigenvalue weighted by Crippen LogP contribution is 2.33. The summed E-state index contributed by atoms with van der Waals surface area (Å²) >= 11 is 1.51. The van der Waals surface area contributed by atoms with Gasteiger partial charge in [0.1, 0.15) is 18.3 Å². The highest BCUT2D eigenvalue weighted by molar-refractivity contribution is 7.07. The van der Waals surface area contributed by atoms with Gasteiger partial charge < -0.3 is 10.1 Å². The minimum absolute atomic E-state index is 0.153. The van der Waals surface area contributed by atoms with Crippen LogP contribution in [0.15, 0.2) is 89.8 Å². The Morgan fingerprint density at radius 2 is 1.82 bits per heavy atom. The van der Waals surface area contributed by atoms with E-state index < -0.39 is 0 Å². The number of aromatic nitrogens is 3. The summed E-state index contributed by atoms with van der Waals surface area (Å²) in [6, 6.07) is 26.3. The van der Waals surface area contributed by atoms with Crippen molar-refractivity contribution >= 4 is 34.4 Å². The van der Waals surface area contributed by atoms with Gasteiger partial charge in [-0.15, -0.1) is 11.3 Å². The van der Waals surface area contributed by atoms with E-state index in [0.717, 1.165) is 40.1 Å². The van der Waals surface area contributed by atoms with E-state index in [1.54, 1.807) is 5.51 Å². The lowest BCUT2D eigenvalue weighted by Crippen LogP contribution is -2.18. The molecule has 3 aromatic carbocycles. The Bertz CT molecular complexity index is 1340. The molecule has 7 heteroatoms. The molecule has 1 unspecified atom stereocenters. The number of hydrogen-bond acceptors (Lipinski definition) is 6. The van der Waals surface area contributed by atoms with Gasteiger partial charge in [0.25, 0.3) is 6.47 Å². The molecule has 0 aliphatic rings. The number of rotatable bonds is 9. The fraction of sp³-hybridized carbons (Fsp3) is 0.115. The first-order valence-corrected chi connectivity index (χ1v) is 11.6. The van der Waals surface area contributed by atoms with Crippen LogP contribution < -0.4 is 5.32 Å². The molecule has 2 aromatic heterocycles. The lowest BCUT2D eigenvalue weighted by Gasteiger charge is -2.16. The van der Waals surface area contributed by atoms with E-state index in [1.165, 1.54) is 16.9 Å². The van der Waals surface area contributed by atoms with E-state index in [1.807, 2.05) is 58.6 Å². The number of fused-ring (bicyclic) bond motifs is 1. The van der Waals surface area contributed by atoms with Gasteiger partial charge in [0.15, 0.2) is 0 Å². The van der Waals surface area contributed by atoms with Crippen LogP contribution in [0.25, 0.3) is 22.2 Å². The molecule has 1 N–H and O–H groups in total. The van der Waals surface area contributed by atoms with E-state index in [0.29, 0.717) is 6.47 Å². The van der Waals surface area contributed by atoms with Crippen LogP contribution in [0.4, 0.5) is 5.69 Å². The summed E-state index contributed by atoms with van der Waals surface area (Å²) in [4.78, 5) is 15.5. The maximum absolute atomic E-state index is 11.0. The van der Waals surface area contributed by atoms with Crippen LogP contribution in [0.5, 0.6) is 0 Å². The van der Waals surface area contributed by atoms with Crippen LogP contribution in [0.1, 0.15) is 17.3 Å². The predicted octanol–water partition coefficient (Wildman–Crippen LogP) is 5.53. The van der Waals surface area contributed by atoms with Gasteiger partial charge in [-0.2, -0.15) is 5.10 Å². The maximum Gasteiger partial charge on any atom is 0.293 e. The number of thiazole rings is 1. The second-order valence-electron chi connectivity index (χ2n) is 7.59. The molecule has 0 saturated carbocycles. The zero-order chi connectivity index (χ0) is 22.5. The number of ether oxygens (including phenoxy) is 1. The van der Waals surface area contributed by atoms with Crippen LogP contribution in [0, 0.1) is 0 Å². The lowest BCUT2D eigenvalue weighted by molar-refractivity contribution is -0.129. The summed E-state index contributed by atoms with van der Waals surface area (Å²) in [6.07, 6.45) is 0. The van der Waals surface area contributed by atoms with E-state index in [4.69, 9.17) is 9.84 Å². The van der Waals surface area contributed by atoms with Crippen molar-refractivity contribution in [3.63, 3.8) is 0 Å². The van der Waals surface area contributed by atoms with E-state index in [-0.39, 0.29) is 12.6 Å². The third-order valence-electron chi connectivity index (χ3n) is 5.50. The molecule has 5 rings (SSSR count). The Morgan fingerprint density at radius 1 is 1.03 bits per heavy atom. The second-order valence-corrected chi connectivity index (χ2v) is 8.31. The monoisotopic (exact) mass is 454 g/mol. The molecule has 2 heterocycles. The lowest BCUT2D eigenvalue weighted by atomic mass is 10.1. The maximum atomic E-state index is 11.0. The smallest absolute Gasteiger partial charge is 0.293 e. The van der Waals surface area contributed by atoms with Crippen molar-refractivity contribution < 1.29 is 9.53 Å². The highest BCUT2D eigenvalue weighted by Gasteiger charge is 2.23. The molecule has 0 bridgehead atoms. The number of nitrogens with one attached hydrogen (secondary N) is 1. The fourth-order valence-corrected chi connectivity index (χ4v) is 4.49. The molecule has 5 aromatic rings. The Hall–Kier alpha value is -3.97. The average molecular weight is 455 g/mol. The molecule has 0 spiro atoms. The van der Waals surface area contributed by atoms with Crippen molar-refractivity contribution in [1.29, 1.82) is 0 Å². The van der Waals surface area contributed by atoms with Gasteiger partial charge in [-0.3, -0.25) is 9.48 Å². The van der Waals surface area contributed by atoms with Gasteiger partial charge in [0, 0.05) is 28.6 Å². The predicted molar refractivity (Wildman–Crippen MR) is 131 cm³/mol. The molecule has 1 atom stereocenters. The number of hydrogen-bond donors (Lipinski definition) is 1. The van der Waals surface area contributed by atoms with Crippen molar-refractivity contribution in [3.05, 3.63) is 101 Å². The summed E-state index contributed by atoms with van der Waals surface area (Å²) in [6.45, 7) is 1.34. The van der Waals surface area contributed by atoms with Gasteiger partial charge >= 0.3 is 0 Å². The topological polar surface area (TPSA) is 69.0 Å². The molecule has 164 valence electrons. The van der Waals surface area contributed by atoms with Crippen molar-refractivity contribution in [2.45, 2.75) is 12.6 Å². The largest absolute Gasteiger partial charge is 0.465 e. The summed E-state index contributed by atoms with van der Waals surface area (Å²) in [5, 5.41) is 11.5. The van der Waals surface area contributed by atoms with Crippen LogP contribution >= 0.6 is 11.3 Å². The minimum atomic E-state index is -0.328. The summed E-state index contributed by atoms with van der Waals surface area (Å²) in [5.41, 5.74) is 7.63. The van der Waals surface area contributed by atoms with Crippen molar-refractivity contribution in [2.75, 3.05) is 11.9 Å². The highest BCUT2D eigenvalue weighted by atomic mass is 32.1. The van der Waals surface area contributed by atoms with Gasteiger partial charge in [-0.25, -0.2) is 4.98 Å². The number of carbonyl (C=O) groups is 1. The molecule has 0 aliphatic carbocycles. The Labute approximate surface area is 195 Å². The van der Waals surface area contributed by atoms with Crippen LogP contribution in [0.2, 0.25) is 0 Å². The number of nitrogens with zero attached hydrogens (tertiary/aromatic N) is 3. The first kappa shape index (κ1) is 20.9. The van der Waals surface area contributed by atoms with E-state index >= 15 is 0 Å². The zero-order valence-corrected chi connectivity index (χ0v) is 18.6. The molecule has 6 nitrogen and oxygen atoms in total. The summed E-state index contributed by atoms with van der Waals surface area (Å²) in [5.74, 6) is 0. The molecule has 0 aliphatic heterocycles. The second kappa shape index (κ2) is 9.67. The summed E-state index contributed by atoms with van der Waals surface area (Å²) < 4.78 is 7.10. The van der Waals surface area contributed by atoms with Gasteiger partial charge in [0.2, 0.25) is 0 Å². The first-order valence-electron chi connectivity index (χ1n) is 10.6. The molecule has 0 fully saturated rings. The third kappa shape index (κ3) is 4.49. The van der Waals surface area contributed by atoms with E-state index in [9.17, 15) is 4.79 Å². The Kier molecular flexibility index (Phi) is 6.12. The van der Waals surface area contributed by atoms with Crippen molar-refractivity contribution in [2.24, 2.45) is 0 Å². The van der Waals surface area contributed by atoms with Gasteiger partial charge in [-0.1, -0.05) is 60.7 Å². The molecule has 0 radical (unpaired) electrons. The quantitative estimate of drug-likeness (QED) is 0.296. The number of carbonyl (C=O) groups excluding carboxylic acids is 1.